The number of anilines is 1. The first-order valence-corrected chi connectivity index (χ1v) is 11.4. The first-order valence-electron chi connectivity index (χ1n) is 9.50. The first-order chi connectivity index (χ1) is 14.3. The van der Waals surface area contributed by atoms with Gasteiger partial charge in [-0.05, 0) is 73.1 Å². The molecule has 0 saturated carbocycles. The third-order valence-corrected chi connectivity index (χ3v) is 6.72. The highest BCUT2D eigenvalue weighted by atomic mass is 32.2. The van der Waals surface area contributed by atoms with Crippen LogP contribution in [0.2, 0.25) is 0 Å². The van der Waals surface area contributed by atoms with E-state index in [1.807, 2.05) is 0 Å². The van der Waals surface area contributed by atoms with Crippen LogP contribution in [-0.4, -0.2) is 36.8 Å². The molecule has 0 atom stereocenters. The van der Waals surface area contributed by atoms with Gasteiger partial charge in [-0.2, -0.15) is 4.31 Å². The standard InChI is InChI=1S/C21H22FN3O3S2/c22-17-7-4-16(5-8-17)6-13-20(26)24-21(29)23-18-9-11-19(12-10-18)30(27,28)25-14-2-1-3-15-25/h4-13H,1-3,14-15H2,(H2,23,24,26,29)/b13-6+. The fourth-order valence-electron chi connectivity index (χ4n) is 3.03. The third-order valence-electron chi connectivity index (χ3n) is 4.60. The van der Waals surface area contributed by atoms with Gasteiger partial charge in [0.15, 0.2) is 5.11 Å². The Bertz CT molecular complexity index is 1030. The van der Waals surface area contributed by atoms with E-state index in [0.717, 1.165) is 19.3 Å². The van der Waals surface area contributed by atoms with Crippen molar-refractivity contribution in [3.05, 3.63) is 66.0 Å². The van der Waals surface area contributed by atoms with E-state index < -0.39 is 15.9 Å². The Labute approximate surface area is 180 Å². The van der Waals surface area contributed by atoms with Crippen molar-refractivity contribution in [2.24, 2.45) is 0 Å². The number of thiocarbonyl (C=S) groups is 1. The normalized spacial score (nSPS) is 15.1. The monoisotopic (exact) mass is 447 g/mol. The highest BCUT2D eigenvalue weighted by Gasteiger charge is 2.25. The topological polar surface area (TPSA) is 78.5 Å². The first kappa shape index (κ1) is 22.1. The maximum Gasteiger partial charge on any atom is 0.250 e. The Kier molecular flexibility index (Phi) is 7.30. The molecule has 1 saturated heterocycles. The van der Waals surface area contributed by atoms with Crippen molar-refractivity contribution in [2.75, 3.05) is 18.4 Å². The van der Waals surface area contributed by atoms with Crippen LogP contribution in [-0.2, 0) is 14.8 Å². The predicted molar refractivity (Wildman–Crippen MR) is 119 cm³/mol. The molecular weight excluding hydrogens is 425 g/mol. The molecule has 0 unspecified atom stereocenters. The van der Waals surface area contributed by atoms with Gasteiger partial charge in [0.05, 0.1) is 4.90 Å². The number of amides is 1. The van der Waals surface area contributed by atoms with E-state index in [2.05, 4.69) is 10.6 Å². The van der Waals surface area contributed by atoms with Crippen LogP contribution >= 0.6 is 12.2 Å². The smallest absolute Gasteiger partial charge is 0.250 e. The number of nitrogens with one attached hydrogen (secondary N) is 2. The number of rotatable bonds is 5. The van der Waals surface area contributed by atoms with Crippen LogP contribution in [0, 0.1) is 5.82 Å². The Morgan fingerprint density at radius 1 is 1.00 bits per heavy atom. The Balaban J connectivity index is 1.55. The molecule has 6 nitrogen and oxygen atoms in total. The predicted octanol–water partition coefficient (Wildman–Crippen LogP) is 3.53. The van der Waals surface area contributed by atoms with Crippen molar-refractivity contribution in [2.45, 2.75) is 24.2 Å². The lowest BCUT2D eigenvalue weighted by Gasteiger charge is -2.25. The summed E-state index contributed by atoms with van der Waals surface area (Å²) in [5, 5.41) is 5.42. The third kappa shape index (κ3) is 5.94. The number of nitrogens with zero attached hydrogens (tertiary/aromatic N) is 1. The lowest BCUT2D eigenvalue weighted by atomic mass is 10.2. The zero-order valence-electron chi connectivity index (χ0n) is 16.2. The summed E-state index contributed by atoms with van der Waals surface area (Å²) in [6.45, 7) is 1.09. The van der Waals surface area contributed by atoms with Crippen LogP contribution in [0.5, 0.6) is 0 Å². The summed E-state index contributed by atoms with van der Waals surface area (Å²) >= 11 is 5.12. The van der Waals surface area contributed by atoms with Gasteiger partial charge in [0.2, 0.25) is 15.9 Å². The van der Waals surface area contributed by atoms with Crippen LogP contribution in [0.25, 0.3) is 6.08 Å². The van der Waals surface area contributed by atoms with Crippen molar-refractivity contribution in [1.29, 1.82) is 0 Å². The molecule has 2 N–H and O–H groups in total. The molecule has 158 valence electrons. The average Bonchev–Trinajstić information content (AvgIpc) is 2.74. The molecule has 0 radical (unpaired) electrons. The second-order valence-electron chi connectivity index (χ2n) is 6.82. The number of carbonyl (C=O) groups is 1. The molecule has 9 heteroatoms. The van der Waals surface area contributed by atoms with Crippen molar-refractivity contribution in [1.82, 2.24) is 9.62 Å². The summed E-state index contributed by atoms with van der Waals surface area (Å²) in [5.41, 5.74) is 1.23. The largest absolute Gasteiger partial charge is 0.332 e. The molecule has 2 aromatic rings. The maximum absolute atomic E-state index is 12.9. The molecule has 1 aliphatic heterocycles. The fourth-order valence-corrected chi connectivity index (χ4v) is 4.76. The maximum atomic E-state index is 12.9. The van der Waals surface area contributed by atoms with E-state index in [9.17, 15) is 17.6 Å². The summed E-state index contributed by atoms with van der Waals surface area (Å²) in [7, 11) is -3.49. The number of piperidine rings is 1. The van der Waals surface area contributed by atoms with E-state index in [-0.39, 0.29) is 15.8 Å². The minimum absolute atomic E-state index is 0.0791. The molecule has 0 aromatic heterocycles. The van der Waals surface area contributed by atoms with Gasteiger partial charge < -0.3 is 5.32 Å². The molecule has 3 rings (SSSR count). The zero-order chi connectivity index (χ0) is 21.6. The van der Waals surface area contributed by atoms with E-state index in [1.54, 1.807) is 24.3 Å². The molecule has 1 fully saturated rings. The Morgan fingerprint density at radius 3 is 2.27 bits per heavy atom. The number of hydrogen-bond donors (Lipinski definition) is 2. The minimum atomic E-state index is -3.49. The van der Waals surface area contributed by atoms with Gasteiger partial charge in [-0.3, -0.25) is 10.1 Å². The van der Waals surface area contributed by atoms with Gasteiger partial charge in [0.25, 0.3) is 0 Å². The Morgan fingerprint density at radius 2 is 1.63 bits per heavy atom. The van der Waals surface area contributed by atoms with Crippen LogP contribution in [0.15, 0.2) is 59.5 Å². The molecule has 0 aliphatic carbocycles. The second-order valence-corrected chi connectivity index (χ2v) is 9.16. The quantitative estimate of drug-likeness (QED) is 0.542. The molecule has 1 amide bonds. The van der Waals surface area contributed by atoms with Gasteiger partial charge in [-0.25, -0.2) is 12.8 Å². The van der Waals surface area contributed by atoms with Gasteiger partial charge in [-0.1, -0.05) is 18.6 Å². The van der Waals surface area contributed by atoms with Crippen molar-refractivity contribution in [3.63, 3.8) is 0 Å². The number of carbonyl (C=O) groups excluding carboxylic acids is 1. The highest BCUT2D eigenvalue weighted by Crippen LogP contribution is 2.22. The molecule has 2 aromatic carbocycles. The van der Waals surface area contributed by atoms with Gasteiger partial charge in [-0.15, -0.1) is 0 Å². The van der Waals surface area contributed by atoms with E-state index in [4.69, 9.17) is 12.2 Å². The minimum Gasteiger partial charge on any atom is -0.332 e. The number of hydrogen-bond acceptors (Lipinski definition) is 4. The number of halogens is 1. The summed E-state index contributed by atoms with van der Waals surface area (Å²) in [4.78, 5) is 12.2. The van der Waals surface area contributed by atoms with Crippen molar-refractivity contribution < 1.29 is 17.6 Å². The number of sulfonamides is 1. The number of benzene rings is 2. The summed E-state index contributed by atoms with van der Waals surface area (Å²) in [5.74, 6) is -0.794. The van der Waals surface area contributed by atoms with Gasteiger partial charge in [0, 0.05) is 24.9 Å². The average molecular weight is 448 g/mol. The molecule has 0 spiro atoms. The molecule has 30 heavy (non-hydrogen) atoms. The molecule has 1 aliphatic rings. The van der Waals surface area contributed by atoms with E-state index >= 15 is 0 Å². The van der Waals surface area contributed by atoms with Crippen LogP contribution in [0.3, 0.4) is 0 Å². The lowest BCUT2D eigenvalue weighted by molar-refractivity contribution is -0.115. The lowest BCUT2D eigenvalue weighted by Crippen LogP contribution is -2.35. The summed E-state index contributed by atoms with van der Waals surface area (Å²) < 4.78 is 39.7. The Hall–Kier alpha value is -2.62. The fraction of sp³-hybridized carbons (Fsp3) is 0.238. The molecule has 1 heterocycles. The van der Waals surface area contributed by atoms with Gasteiger partial charge >= 0.3 is 0 Å². The van der Waals surface area contributed by atoms with Crippen LogP contribution < -0.4 is 10.6 Å². The van der Waals surface area contributed by atoms with Crippen LogP contribution in [0.4, 0.5) is 10.1 Å². The van der Waals surface area contributed by atoms with E-state index in [1.165, 1.54) is 40.7 Å². The molecular formula is C21H22FN3O3S2. The summed E-state index contributed by atoms with van der Waals surface area (Å²) in [6, 6.07) is 12.0. The highest BCUT2D eigenvalue weighted by molar-refractivity contribution is 7.89. The van der Waals surface area contributed by atoms with Crippen LogP contribution in [0.1, 0.15) is 24.8 Å². The zero-order valence-corrected chi connectivity index (χ0v) is 17.8. The van der Waals surface area contributed by atoms with Gasteiger partial charge in [0.1, 0.15) is 5.82 Å². The molecule has 0 bridgehead atoms. The van der Waals surface area contributed by atoms with Crippen molar-refractivity contribution >= 4 is 45.0 Å². The van der Waals surface area contributed by atoms with E-state index in [0.29, 0.717) is 24.3 Å². The SMILES string of the molecule is O=C(/C=C/c1ccc(F)cc1)NC(=S)Nc1ccc(S(=O)(=O)N2CCCCC2)cc1. The summed E-state index contributed by atoms with van der Waals surface area (Å²) in [6.07, 6.45) is 5.63. The second kappa shape index (κ2) is 9.92. The van der Waals surface area contributed by atoms with Crippen molar-refractivity contribution in [3.8, 4) is 0 Å².